The highest BCUT2D eigenvalue weighted by Crippen LogP contribution is 2.32. The molecule has 0 saturated carbocycles. The van der Waals surface area contributed by atoms with Gasteiger partial charge in [0.15, 0.2) is 5.76 Å². The number of methoxy groups -OCH3 is 1. The van der Waals surface area contributed by atoms with E-state index >= 15 is 0 Å². The first kappa shape index (κ1) is 18.6. The Morgan fingerprint density at radius 2 is 1.79 bits per heavy atom. The number of benzene rings is 2. The van der Waals surface area contributed by atoms with Gasteiger partial charge in [-0.3, -0.25) is 4.79 Å². The number of furan rings is 1. The molecule has 0 amide bonds. The molecule has 0 atom stereocenters. The minimum absolute atomic E-state index is 0.0620. The molecule has 0 aliphatic rings. The van der Waals surface area contributed by atoms with Crippen LogP contribution >= 0.6 is 0 Å². The molecule has 4 rings (SSSR count). The monoisotopic (exact) mass is 390 g/mol. The first-order valence-corrected chi connectivity index (χ1v) is 8.96. The summed E-state index contributed by atoms with van der Waals surface area (Å²) in [7, 11) is 1.50. The van der Waals surface area contributed by atoms with E-state index in [1.807, 2.05) is 13.8 Å². The lowest BCUT2D eigenvalue weighted by Crippen LogP contribution is -2.16. The summed E-state index contributed by atoms with van der Waals surface area (Å²) in [6, 6.07) is 13.3. The maximum absolute atomic E-state index is 13.2. The molecule has 2 aromatic heterocycles. The molecular formula is C23H18O6. The number of fused-ring (bicyclic) bond motifs is 1. The fraction of sp³-hybridized carbons (Fsp3) is 0.130. The van der Waals surface area contributed by atoms with Gasteiger partial charge in [0, 0.05) is 0 Å². The number of hydrogen-bond acceptors (Lipinski definition) is 6. The van der Waals surface area contributed by atoms with Crippen molar-refractivity contribution in [2.75, 3.05) is 7.11 Å². The third-order valence-electron chi connectivity index (χ3n) is 4.71. The van der Waals surface area contributed by atoms with E-state index in [1.54, 1.807) is 42.5 Å². The fourth-order valence-corrected chi connectivity index (χ4v) is 3.00. The van der Waals surface area contributed by atoms with Gasteiger partial charge < -0.3 is 18.3 Å². The fourth-order valence-electron chi connectivity index (χ4n) is 3.00. The predicted molar refractivity (Wildman–Crippen MR) is 108 cm³/mol. The summed E-state index contributed by atoms with van der Waals surface area (Å²) < 4.78 is 22.0. The zero-order valence-electron chi connectivity index (χ0n) is 16.1. The van der Waals surface area contributed by atoms with Gasteiger partial charge in [0.05, 0.1) is 24.3 Å². The highest BCUT2D eigenvalue weighted by molar-refractivity contribution is 5.93. The van der Waals surface area contributed by atoms with E-state index < -0.39 is 11.4 Å². The molecule has 4 aromatic rings. The van der Waals surface area contributed by atoms with Gasteiger partial charge in [-0.25, -0.2) is 4.79 Å². The van der Waals surface area contributed by atoms with Gasteiger partial charge in [-0.2, -0.15) is 0 Å². The molecule has 6 nitrogen and oxygen atoms in total. The summed E-state index contributed by atoms with van der Waals surface area (Å²) in [6.07, 6.45) is 1.45. The van der Waals surface area contributed by atoms with Crippen LogP contribution in [-0.2, 0) is 0 Å². The lowest BCUT2D eigenvalue weighted by atomic mass is 10.1. The number of ether oxygens (including phenoxy) is 2. The summed E-state index contributed by atoms with van der Waals surface area (Å²) in [5.74, 6) is -0.0688. The van der Waals surface area contributed by atoms with Crippen molar-refractivity contribution < 1.29 is 23.1 Å². The Labute approximate surface area is 166 Å². The van der Waals surface area contributed by atoms with Crippen LogP contribution in [0.3, 0.4) is 0 Å². The summed E-state index contributed by atoms with van der Waals surface area (Å²) >= 11 is 0. The standard InChI is InChI=1S/C23H18O6/c1-13-10-17-19(11-14(13)2)28-21(18-8-5-9-27-18)22(20(17)24)29-23(25)15-6-4-7-16(12-15)26-3/h4-12H,1-3H3. The van der Waals surface area contributed by atoms with E-state index in [9.17, 15) is 9.59 Å². The van der Waals surface area contributed by atoms with Gasteiger partial charge in [0.25, 0.3) is 0 Å². The maximum Gasteiger partial charge on any atom is 0.343 e. The summed E-state index contributed by atoms with van der Waals surface area (Å²) in [5.41, 5.74) is 2.10. The van der Waals surface area contributed by atoms with Crippen molar-refractivity contribution in [2.45, 2.75) is 13.8 Å². The maximum atomic E-state index is 13.2. The predicted octanol–water partition coefficient (Wildman–Crippen LogP) is 4.90. The van der Waals surface area contributed by atoms with Crippen LogP contribution in [0.5, 0.6) is 11.5 Å². The van der Waals surface area contributed by atoms with Crippen molar-refractivity contribution in [3.63, 3.8) is 0 Å². The van der Waals surface area contributed by atoms with Crippen molar-refractivity contribution in [1.29, 1.82) is 0 Å². The van der Waals surface area contributed by atoms with Crippen molar-refractivity contribution in [2.24, 2.45) is 0 Å². The van der Waals surface area contributed by atoms with Crippen LogP contribution in [0, 0.1) is 13.8 Å². The molecule has 146 valence electrons. The smallest absolute Gasteiger partial charge is 0.343 e. The second-order valence-electron chi connectivity index (χ2n) is 6.62. The molecule has 0 aliphatic heterocycles. The molecular weight excluding hydrogens is 372 g/mol. The van der Waals surface area contributed by atoms with Gasteiger partial charge in [0.1, 0.15) is 11.3 Å². The van der Waals surface area contributed by atoms with E-state index in [-0.39, 0.29) is 22.8 Å². The van der Waals surface area contributed by atoms with E-state index in [0.29, 0.717) is 16.7 Å². The molecule has 0 spiro atoms. The largest absolute Gasteiger partial charge is 0.497 e. The Morgan fingerprint density at radius 3 is 2.52 bits per heavy atom. The molecule has 6 heteroatoms. The number of aryl methyl sites for hydroxylation is 2. The van der Waals surface area contributed by atoms with Gasteiger partial charge in [-0.1, -0.05) is 6.07 Å². The second-order valence-corrected chi connectivity index (χ2v) is 6.62. The molecule has 2 aromatic carbocycles. The average Bonchev–Trinajstić information content (AvgIpc) is 3.26. The zero-order valence-corrected chi connectivity index (χ0v) is 16.1. The number of carbonyl (C=O) groups is 1. The van der Waals surface area contributed by atoms with Gasteiger partial charge in [0.2, 0.25) is 16.9 Å². The Balaban J connectivity index is 1.88. The molecule has 2 heterocycles. The van der Waals surface area contributed by atoms with Crippen LogP contribution in [0.25, 0.3) is 22.5 Å². The van der Waals surface area contributed by atoms with Crippen LogP contribution in [0.1, 0.15) is 21.5 Å². The Kier molecular flexibility index (Phi) is 4.68. The van der Waals surface area contributed by atoms with E-state index in [4.69, 9.17) is 18.3 Å². The summed E-state index contributed by atoms with van der Waals surface area (Å²) in [5, 5.41) is 0.330. The topological polar surface area (TPSA) is 78.9 Å². The minimum atomic E-state index is -0.702. The lowest BCUT2D eigenvalue weighted by Gasteiger charge is -2.11. The molecule has 0 saturated heterocycles. The summed E-state index contributed by atoms with van der Waals surface area (Å²) in [6.45, 7) is 3.83. The van der Waals surface area contributed by atoms with Crippen LogP contribution in [0.4, 0.5) is 0 Å². The van der Waals surface area contributed by atoms with Crippen LogP contribution < -0.4 is 14.9 Å². The van der Waals surface area contributed by atoms with Crippen molar-refractivity contribution in [1.82, 2.24) is 0 Å². The van der Waals surface area contributed by atoms with Crippen LogP contribution in [-0.4, -0.2) is 13.1 Å². The van der Waals surface area contributed by atoms with Crippen LogP contribution in [0.2, 0.25) is 0 Å². The quantitative estimate of drug-likeness (QED) is 0.461. The van der Waals surface area contributed by atoms with Crippen LogP contribution in [0.15, 0.2) is 68.4 Å². The molecule has 0 N–H and O–H groups in total. The molecule has 0 fully saturated rings. The molecule has 29 heavy (non-hydrogen) atoms. The van der Waals surface area contributed by atoms with Gasteiger partial charge in [-0.15, -0.1) is 0 Å². The Hall–Kier alpha value is -3.80. The highest BCUT2D eigenvalue weighted by atomic mass is 16.5. The minimum Gasteiger partial charge on any atom is -0.497 e. The highest BCUT2D eigenvalue weighted by Gasteiger charge is 2.23. The molecule has 0 radical (unpaired) electrons. The molecule has 0 aliphatic carbocycles. The van der Waals surface area contributed by atoms with E-state index in [1.165, 1.54) is 19.4 Å². The van der Waals surface area contributed by atoms with Gasteiger partial charge in [-0.05, 0) is 67.4 Å². The van der Waals surface area contributed by atoms with Crippen molar-refractivity contribution >= 4 is 16.9 Å². The number of rotatable bonds is 4. The van der Waals surface area contributed by atoms with Gasteiger partial charge >= 0.3 is 5.97 Å². The third kappa shape index (κ3) is 3.40. The second kappa shape index (κ2) is 7.31. The van der Waals surface area contributed by atoms with Crippen molar-refractivity contribution in [3.05, 3.63) is 81.7 Å². The molecule has 0 unspecified atom stereocenters. The molecule has 0 bridgehead atoms. The average molecular weight is 390 g/mol. The normalized spacial score (nSPS) is 10.9. The lowest BCUT2D eigenvalue weighted by molar-refractivity contribution is 0.0730. The van der Waals surface area contributed by atoms with E-state index in [0.717, 1.165) is 11.1 Å². The number of esters is 1. The Morgan fingerprint density at radius 1 is 1.00 bits per heavy atom. The van der Waals surface area contributed by atoms with E-state index in [2.05, 4.69) is 0 Å². The third-order valence-corrected chi connectivity index (χ3v) is 4.71. The van der Waals surface area contributed by atoms with Crippen molar-refractivity contribution in [3.8, 4) is 23.0 Å². The summed E-state index contributed by atoms with van der Waals surface area (Å²) in [4.78, 5) is 25.9. The SMILES string of the molecule is COc1cccc(C(=O)Oc2c(-c3ccco3)oc3cc(C)c(C)cc3c2=O)c1. The number of carbonyl (C=O) groups excluding carboxylic acids is 1. The first-order chi connectivity index (χ1) is 14.0. The Bertz CT molecular complexity index is 1260. The number of hydrogen-bond donors (Lipinski definition) is 0. The zero-order chi connectivity index (χ0) is 20.5. The first-order valence-electron chi connectivity index (χ1n) is 8.96.